The van der Waals surface area contributed by atoms with Gasteiger partial charge in [0.25, 0.3) is 5.91 Å². The SMILES string of the molecule is CNC(=O)CCC(C=O)N1Cc2ccc(N3CCN(C)CC3)cc2C1=O. The third kappa shape index (κ3) is 3.72. The van der Waals surface area contributed by atoms with Crippen molar-refractivity contribution >= 4 is 23.8 Å². The Labute approximate surface area is 153 Å². The number of likely N-dealkylation sites (N-methyl/N-ethyl adjacent to an activating group) is 1. The molecule has 3 rings (SSSR count). The van der Waals surface area contributed by atoms with Crippen molar-refractivity contribution in [1.82, 2.24) is 15.1 Å². The summed E-state index contributed by atoms with van der Waals surface area (Å²) >= 11 is 0. The first-order chi connectivity index (χ1) is 12.5. The Morgan fingerprint density at radius 2 is 2.00 bits per heavy atom. The van der Waals surface area contributed by atoms with Crippen LogP contribution in [0.5, 0.6) is 0 Å². The maximum atomic E-state index is 12.8. The Hall–Kier alpha value is -2.41. The van der Waals surface area contributed by atoms with Gasteiger partial charge >= 0.3 is 0 Å². The highest BCUT2D eigenvalue weighted by molar-refractivity contribution is 6.00. The Bertz CT molecular complexity index is 698. The van der Waals surface area contributed by atoms with Gasteiger partial charge in [-0.15, -0.1) is 0 Å². The molecule has 140 valence electrons. The first-order valence-electron chi connectivity index (χ1n) is 9.06. The highest BCUT2D eigenvalue weighted by atomic mass is 16.2. The van der Waals surface area contributed by atoms with Crippen LogP contribution in [0.3, 0.4) is 0 Å². The van der Waals surface area contributed by atoms with Crippen molar-refractivity contribution in [3.63, 3.8) is 0 Å². The second-order valence-electron chi connectivity index (χ2n) is 6.98. The molecule has 2 amide bonds. The van der Waals surface area contributed by atoms with E-state index in [4.69, 9.17) is 0 Å². The van der Waals surface area contributed by atoms with E-state index in [1.54, 1.807) is 11.9 Å². The number of amides is 2. The number of fused-ring (bicyclic) bond motifs is 1. The molecule has 26 heavy (non-hydrogen) atoms. The van der Waals surface area contributed by atoms with Gasteiger partial charge in [-0.25, -0.2) is 0 Å². The predicted molar refractivity (Wildman–Crippen MR) is 99.2 cm³/mol. The fraction of sp³-hybridized carbons (Fsp3) is 0.526. The molecule has 1 saturated heterocycles. The lowest BCUT2D eigenvalue weighted by molar-refractivity contribution is -0.121. The number of benzene rings is 1. The Kier molecular flexibility index (Phi) is 5.56. The fourth-order valence-electron chi connectivity index (χ4n) is 3.54. The molecule has 0 saturated carbocycles. The average molecular weight is 358 g/mol. The van der Waals surface area contributed by atoms with Gasteiger partial charge in [0.1, 0.15) is 6.29 Å². The summed E-state index contributed by atoms with van der Waals surface area (Å²) in [5.41, 5.74) is 2.67. The van der Waals surface area contributed by atoms with Crippen molar-refractivity contribution in [3.8, 4) is 0 Å². The van der Waals surface area contributed by atoms with Crippen LogP contribution in [-0.4, -0.2) is 74.2 Å². The van der Waals surface area contributed by atoms with Crippen LogP contribution in [0.25, 0.3) is 0 Å². The van der Waals surface area contributed by atoms with Crippen LogP contribution in [-0.2, 0) is 16.1 Å². The molecule has 1 N–H and O–H groups in total. The normalized spacial score (nSPS) is 18.6. The molecular formula is C19H26N4O3. The summed E-state index contributed by atoms with van der Waals surface area (Å²) < 4.78 is 0. The molecular weight excluding hydrogens is 332 g/mol. The number of piperazine rings is 1. The van der Waals surface area contributed by atoms with E-state index in [9.17, 15) is 14.4 Å². The standard InChI is InChI=1S/C19H26N4O3/c1-20-18(25)6-5-16(13-24)23-12-14-3-4-15(11-17(14)19(23)26)22-9-7-21(2)8-10-22/h3-4,11,13,16H,5-10,12H2,1-2H3,(H,20,25). The number of aldehydes is 1. The van der Waals surface area contributed by atoms with E-state index in [-0.39, 0.29) is 18.2 Å². The summed E-state index contributed by atoms with van der Waals surface area (Å²) in [4.78, 5) is 41.9. The van der Waals surface area contributed by atoms with Crippen LogP contribution >= 0.6 is 0 Å². The molecule has 0 spiro atoms. The molecule has 1 aromatic rings. The van der Waals surface area contributed by atoms with Crippen molar-refractivity contribution in [2.45, 2.75) is 25.4 Å². The van der Waals surface area contributed by atoms with E-state index >= 15 is 0 Å². The van der Waals surface area contributed by atoms with Gasteiger partial charge in [0, 0.05) is 57.4 Å². The van der Waals surface area contributed by atoms with Crippen molar-refractivity contribution in [2.24, 2.45) is 0 Å². The number of nitrogens with one attached hydrogen (secondary N) is 1. The lowest BCUT2D eigenvalue weighted by Crippen LogP contribution is -2.44. The monoisotopic (exact) mass is 358 g/mol. The molecule has 0 radical (unpaired) electrons. The molecule has 2 aliphatic rings. The van der Waals surface area contributed by atoms with Gasteiger partial charge in [0.2, 0.25) is 5.91 Å². The summed E-state index contributed by atoms with van der Waals surface area (Å²) in [6, 6.07) is 5.42. The zero-order valence-electron chi connectivity index (χ0n) is 15.4. The molecule has 1 atom stereocenters. The summed E-state index contributed by atoms with van der Waals surface area (Å²) in [7, 11) is 3.68. The number of hydrogen-bond donors (Lipinski definition) is 1. The zero-order chi connectivity index (χ0) is 18.7. The van der Waals surface area contributed by atoms with E-state index in [2.05, 4.69) is 28.2 Å². The molecule has 2 aliphatic heterocycles. The lowest BCUT2D eigenvalue weighted by Gasteiger charge is -2.34. The molecule has 1 unspecified atom stereocenters. The summed E-state index contributed by atoms with van der Waals surface area (Å²) in [5.74, 6) is -0.247. The molecule has 7 nitrogen and oxygen atoms in total. The zero-order valence-corrected chi connectivity index (χ0v) is 15.4. The highest BCUT2D eigenvalue weighted by Gasteiger charge is 2.33. The highest BCUT2D eigenvalue weighted by Crippen LogP contribution is 2.29. The maximum absolute atomic E-state index is 12.8. The van der Waals surface area contributed by atoms with Crippen molar-refractivity contribution in [2.75, 3.05) is 45.2 Å². The van der Waals surface area contributed by atoms with Crippen molar-refractivity contribution in [3.05, 3.63) is 29.3 Å². The first-order valence-corrected chi connectivity index (χ1v) is 9.06. The van der Waals surface area contributed by atoms with Gasteiger partial charge in [-0.3, -0.25) is 9.59 Å². The van der Waals surface area contributed by atoms with Crippen LogP contribution < -0.4 is 10.2 Å². The van der Waals surface area contributed by atoms with E-state index < -0.39 is 6.04 Å². The predicted octanol–water partition coefficient (Wildman–Crippen LogP) is 0.488. The van der Waals surface area contributed by atoms with E-state index in [1.807, 2.05) is 12.1 Å². The Balaban J connectivity index is 1.72. The van der Waals surface area contributed by atoms with Gasteiger partial charge in [0.05, 0.1) is 6.04 Å². The Morgan fingerprint density at radius 1 is 1.27 bits per heavy atom. The van der Waals surface area contributed by atoms with Crippen molar-refractivity contribution < 1.29 is 14.4 Å². The van der Waals surface area contributed by atoms with Gasteiger partial charge in [-0.2, -0.15) is 0 Å². The number of carbonyl (C=O) groups is 3. The summed E-state index contributed by atoms with van der Waals surface area (Å²) in [5, 5.41) is 2.54. The molecule has 1 fully saturated rings. The second kappa shape index (κ2) is 7.86. The molecule has 1 aromatic carbocycles. The van der Waals surface area contributed by atoms with Gasteiger partial charge in [-0.1, -0.05) is 6.07 Å². The van der Waals surface area contributed by atoms with Crippen molar-refractivity contribution in [1.29, 1.82) is 0 Å². The molecule has 0 bridgehead atoms. The smallest absolute Gasteiger partial charge is 0.255 e. The van der Waals surface area contributed by atoms with E-state index in [0.29, 0.717) is 18.5 Å². The lowest BCUT2D eigenvalue weighted by atomic mass is 10.1. The number of nitrogens with zero attached hydrogens (tertiary/aromatic N) is 3. The largest absolute Gasteiger partial charge is 0.369 e. The minimum atomic E-state index is -0.570. The van der Waals surface area contributed by atoms with Crippen LogP contribution in [0.2, 0.25) is 0 Å². The third-order valence-electron chi connectivity index (χ3n) is 5.30. The second-order valence-corrected chi connectivity index (χ2v) is 6.98. The van der Waals surface area contributed by atoms with Gasteiger partial charge in [-0.05, 0) is 31.2 Å². The molecule has 2 heterocycles. The topological polar surface area (TPSA) is 73.0 Å². The molecule has 7 heteroatoms. The Morgan fingerprint density at radius 3 is 2.65 bits per heavy atom. The van der Waals surface area contributed by atoms with Crippen LogP contribution in [0.1, 0.15) is 28.8 Å². The van der Waals surface area contributed by atoms with Gasteiger partial charge in [0.15, 0.2) is 0 Å². The summed E-state index contributed by atoms with van der Waals surface area (Å²) in [6.07, 6.45) is 1.34. The fourth-order valence-corrected chi connectivity index (χ4v) is 3.54. The van der Waals surface area contributed by atoms with Crippen LogP contribution in [0.4, 0.5) is 5.69 Å². The minimum absolute atomic E-state index is 0.120. The third-order valence-corrected chi connectivity index (χ3v) is 5.30. The van der Waals surface area contributed by atoms with Gasteiger partial charge < -0.3 is 24.8 Å². The first kappa shape index (κ1) is 18.4. The number of carbonyl (C=O) groups excluding carboxylic acids is 3. The number of hydrogen-bond acceptors (Lipinski definition) is 5. The summed E-state index contributed by atoms with van der Waals surface area (Å²) in [6.45, 7) is 4.31. The molecule has 0 aliphatic carbocycles. The average Bonchev–Trinajstić information content (AvgIpc) is 2.99. The quantitative estimate of drug-likeness (QED) is 0.749. The minimum Gasteiger partial charge on any atom is -0.369 e. The van der Waals surface area contributed by atoms with E-state index in [0.717, 1.165) is 43.7 Å². The van der Waals surface area contributed by atoms with Crippen LogP contribution in [0.15, 0.2) is 18.2 Å². The van der Waals surface area contributed by atoms with Crippen LogP contribution in [0, 0.1) is 0 Å². The van der Waals surface area contributed by atoms with E-state index in [1.165, 1.54) is 0 Å². The number of rotatable bonds is 6. The molecule has 0 aromatic heterocycles. The number of anilines is 1. The maximum Gasteiger partial charge on any atom is 0.255 e.